The molecule has 0 unspecified atom stereocenters. The number of aromatic nitrogens is 2. The molecule has 31 heavy (non-hydrogen) atoms. The van der Waals surface area contributed by atoms with Crippen molar-refractivity contribution in [3.05, 3.63) is 95.6 Å². The van der Waals surface area contributed by atoms with Crippen molar-refractivity contribution < 1.29 is 0 Å². The van der Waals surface area contributed by atoms with Crippen LogP contribution in [-0.4, -0.2) is 10.2 Å². The van der Waals surface area contributed by atoms with E-state index >= 15 is 0 Å². The zero-order chi connectivity index (χ0) is 21.0. The van der Waals surface area contributed by atoms with Gasteiger partial charge in [-0.1, -0.05) is 42.0 Å². The van der Waals surface area contributed by atoms with Gasteiger partial charge in [-0.25, -0.2) is 0 Å². The fraction of sp³-hybridized carbons (Fsp3) is 0.185. The summed E-state index contributed by atoms with van der Waals surface area (Å²) < 4.78 is 0. The van der Waals surface area contributed by atoms with Crippen molar-refractivity contribution in [1.82, 2.24) is 10.2 Å². The number of hydrogen-bond donors (Lipinski definition) is 2. The largest absolute Gasteiger partial charge is 0.354 e. The van der Waals surface area contributed by atoms with Crippen molar-refractivity contribution >= 4 is 22.9 Å². The molecule has 0 fully saturated rings. The van der Waals surface area contributed by atoms with E-state index in [2.05, 4.69) is 76.3 Å². The van der Waals surface area contributed by atoms with Crippen LogP contribution in [0.1, 0.15) is 29.5 Å². The van der Waals surface area contributed by atoms with Crippen LogP contribution in [0.3, 0.4) is 0 Å². The average Bonchev–Trinajstić information content (AvgIpc) is 2.82. The van der Waals surface area contributed by atoms with Gasteiger partial charge in [0.05, 0.1) is 17.1 Å². The summed E-state index contributed by atoms with van der Waals surface area (Å²) in [5.74, 6) is 0.722. The molecule has 3 aromatic carbocycles. The summed E-state index contributed by atoms with van der Waals surface area (Å²) in [5.41, 5.74) is 9.24. The van der Waals surface area contributed by atoms with E-state index in [0.717, 1.165) is 34.1 Å². The van der Waals surface area contributed by atoms with Gasteiger partial charge in [0, 0.05) is 11.3 Å². The van der Waals surface area contributed by atoms with E-state index in [1.807, 2.05) is 30.3 Å². The highest BCUT2D eigenvalue weighted by Gasteiger charge is 2.11. The Morgan fingerprint density at radius 1 is 0.677 bits per heavy atom. The fourth-order valence-corrected chi connectivity index (χ4v) is 4.08. The number of nitrogens with zero attached hydrogens (tertiary/aromatic N) is 2. The second kappa shape index (κ2) is 8.60. The Kier molecular flexibility index (Phi) is 5.36. The maximum absolute atomic E-state index is 4.48. The average molecular weight is 407 g/mol. The lowest BCUT2D eigenvalue weighted by atomic mass is 9.90. The standard InChI is InChI=1S/C27H26N4/c1-19-10-14-23(15-11-19)28-25-8-4-5-9-26(25)29-27-17-16-24(30-31-27)22-13-12-20-6-2-3-7-21(20)18-22/h4-5,8-18,28H,2-3,6-7H2,1H3,(H,29,31). The zero-order valence-corrected chi connectivity index (χ0v) is 17.7. The molecule has 0 aliphatic heterocycles. The van der Waals surface area contributed by atoms with Crippen molar-refractivity contribution in [2.24, 2.45) is 0 Å². The minimum absolute atomic E-state index is 0.722. The Morgan fingerprint density at radius 3 is 2.16 bits per heavy atom. The van der Waals surface area contributed by atoms with E-state index in [1.54, 1.807) is 0 Å². The third-order valence-corrected chi connectivity index (χ3v) is 5.83. The van der Waals surface area contributed by atoms with Crippen LogP contribution in [0.25, 0.3) is 11.3 Å². The van der Waals surface area contributed by atoms with Crippen LogP contribution in [0.4, 0.5) is 22.9 Å². The molecule has 154 valence electrons. The van der Waals surface area contributed by atoms with Crippen LogP contribution < -0.4 is 10.6 Å². The highest BCUT2D eigenvalue weighted by molar-refractivity contribution is 5.77. The first-order valence-corrected chi connectivity index (χ1v) is 10.9. The summed E-state index contributed by atoms with van der Waals surface area (Å²) in [7, 11) is 0. The van der Waals surface area contributed by atoms with Crippen molar-refractivity contribution in [1.29, 1.82) is 0 Å². The quantitative estimate of drug-likeness (QED) is 0.382. The van der Waals surface area contributed by atoms with Gasteiger partial charge in [-0.05, 0) is 86.2 Å². The van der Waals surface area contributed by atoms with Gasteiger partial charge in [0.1, 0.15) is 0 Å². The van der Waals surface area contributed by atoms with Crippen LogP contribution >= 0.6 is 0 Å². The molecule has 0 saturated heterocycles. The third-order valence-electron chi connectivity index (χ3n) is 5.83. The van der Waals surface area contributed by atoms with E-state index in [9.17, 15) is 0 Å². The SMILES string of the molecule is Cc1ccc(Nc2ccccc2Nc2ccc(-c3ccc4c(c3)CCCC4)nn2)cc1. The maximum atomic E-state index is 4.48. The van der Waals surface area contributed by atoms with Crippen LogP contribution in [0.2, 0.25) is 0 Å². The van der Waals surface area contributed by atoms with Gasteiger partial charge < -0.3 is 10.6 Å². The Bertz CT molecular complexity index is 1180. The van der Waals surface area contributed by atoms with Gasteiger partial charge >= 0.3 is 0 Å². The third kappa shape index (κ3) is 4.43. The minimum Gasteiger partial charge on any atom is -0.354 e. The smallest absolute Gasteiger partial charge is 0.153 e. The van der Waals surface area contributed by atoms with Gasteiger partial charge in [0.25, 0.3) is 0 Å². The van der Waals surface area contributed by atoms with Crippen molar-refractivity contribution in [3.63, 3.8) is 0 Å². The zero-order valence-electron chi connectivity index (χ0n) is 17.7. The Labute approximate surface area is 183 Å². The lowest BCUT2D eigenvalue weighted by Crippen LogP contribution is -2.03. The molecule has 4 aromatic rings. The number of anilines is 4. The highest BCUT2D eigenvalue weighted by atomic mass is 15.2. The number of fused-ring (bicyclic) bond motifs is 1. The molecule has 0 amide bonds. The molecule has 4 heteroatoms. The molecule has 2 N–H and O–H groups in total. The van der Waals surface area contributed by atoms with Crippen LogP contribution in [0.5, 0.6) is 0 Å². The summed E-state index contributed by atoms with van der Waals surface area (Å²) in [4.78, 5) is 0. The molecule has 0 saturated carbocycles. The Hall–Kier alpha value is -3.66. The Balaban J connectivity index is 1.34. The minimum atomic E-state index is 0.722. The number of aryl methyl sites for hydroxylation is 3. The van der Waals surface area contributed by atoms with Crippen molar-refractivity contribution in [3.8, 4) is 11.3 Å². The summed E-state index contributed by atoms with van der Waals surface area (Å²) in [5, 5.41) is 15.8. The first-order valence-electron chi connectivity index (χ1n) is 10.9. The van der Waals surface area contributed by atoms with E-state index < -0.39 is 0 Å². The van der Waals surface area contributed by atoms with Gasteiger partial charge in [0.2, 0.25) is 0 Å². The molecule has 0 radical (unpaired) electrons. The molecule has 5 rings (SSSR count). The summed E-state index contributed by atoms with van der Waals surface area (Å²) in [6.07, 6.45) is 4.94. The van der Waals surface area contributed by atoms with E-state index in [1.165, 1.54) is 42.4 Å². The van der Waals surface area contributed by atoms with E-state index in [-0.39, 0.29) is 0 Å². The molecule has 1 aliphatic carbocycles. The number of rotatable bonds is 5. The molecule has 1 aliphatic rings. The van der Waals surface area contributed by atoms with E-state index in [4.69, 9.17) is 0 Å². The molecule has 0 atom stereocenters. The van der Waals surface area contributed by atoms with Gasteiger partial charge in [-0.3, -0.25) is 0 Å². The predicted molar refractivity (Wildman–Crippen MR) is 128 cm³/mol. The first-order chi connectivity index (χ1) is 15.2. The molecule has 4 nitrogen and oxygen atoms in total. The molecule has 0 spiro atoms. The van der Waals surface area contributed by atoms with Gasteiger partial charge in [0.15, 0.2) is 5.82 Å². The van der Waals surface area contributed by atoms with Crippen LogP contribution in [-0.2, 0) is 12.8 Å². The predicted octanol–water partition coefficient (Wildman–Crippen LogP) is 6.82. The van der Waals surface area contributed by atoms with Crippen molar-refractivity contribution in [2.75, 3.05) is 10.6 Å². The number of para-hydroxylation sites is 2. The molecule has 1 aromatic heterocycles. The summed E-state index contributed by atoms with van der Waals surface area (Å²) in [6.45, 7) is 2.09. The second-order valence-corrected chi connectivity index (χ2v) is 8.16. The molecule has 1 heterocycles. The second-order valence-electron chi connectivity index (χ2n) is 8.16. The van der Waals surface area contributed by atoms with Crippen LogP contribution in [0.15, 0.2) is 78.9 Å². The lowest BCUT2D eigenvalue weighted by Gasteiger charge is -2.16. The number of benzene rings is 3. The van der Waals surface area contributed by atoms with Crippen LogP contribution in [0, 0.1) is 6.92 Å². The van der Waals surface area contributed by atoms with E-state index in [0.29, 0.717) is 0 Å². The molecular formula is C27H26N4. The number of nitrogens with one attached hydrogen (secondary N) is 2. The summed E-state index contributed by atoms with van der Waals surface area (Å²) >= 11 is 0. The Morgan fingerprint density at radius 2 is 1.42 bits per heavy atom. The van der Waals surface area contributed by atoms with Gasteiger partial charge in [-0.2, -0.15) is 0 Å². The fourth-order valence-electron chi connectivity index (χ4n) is 4.08. The van der Waals surface area contributed by atoms with Crippen molar-refractivity contribution in [2.45, 2.75) is 32.6 Å². The summed E-state index contributed by atoms with van der Waals surface area (Å²) in [6, 6.07) is 27.2. The maximum Gasteiger partial charge on any atom is 0.153 e. The molecule has 0 bridgehead atoms. The first kappa shape index (κ1) is 19.3. The van der Waals surface area contributed by atoms with Gasteiger partial charge in [-0.15, -0.1) is 10.2 Å². The number of hydrogen-bond acceptors (Lipinski definition) is 4. The normalized spacial score (nSPS) is 12.8. The highest BCUT2D eigenvalue weighted by Crippen LogP contribution is 2.29. The monoisotopic (exact) mass is 406 g/mol. The molecular weight excluding hydrogens is 380 g/mol. The lowest BCUT2D eigenvalue weighted by molar-refractivity contribution is 0.686. The topological polar surface area (TPSA) is 49.8 Å².